The molecule has 0 aromatic heterocycles. The molecule has 0 fully saturated rings. The molecule has 1 aromatic rings. The molecule has 0 heterocycles. The Kier molecular flexibility index (Phi) is 8.62. The maximum absolute atomic E-state index is 13.9. The number of amides is 1. The third-order valence-corrected chi connectivity index (χ3v) is 3.87. The van der Waals surface area contributed by atoms with Gasteiger partial charge in [-0.2, -0.15) is 0 Å². The van der Waals surface area contributed by atoms with Crippen molar-refractivity contribution in [2.24, 2.45) is 0 Å². The molecule has 1 amide bonds. The number of carbonyl (C=O) groups is 2. The van der Waals surface area contributed by atoms with Crippen LogP contribution >= 0.6 is 11.6 Å². The van der Waals surface area contributed by atoms with Crippen LogP contribution < -0.4 is 0 Å². The summed E-state index contributed by atoms with van der Waals surface area (Å²) in [5.74, 6) is -1.55. The fourth-order valence-corrected chi connectivity index (χ4v) is 2.48. The highest BCUT2D eigenvalue weighted by atomic mass is 35.5. The maximum atomic E-state index is 13.9. The predicted molar refractivity (Wildman–Crippen MR) is 88.1 cm³/mol. The van der Waals surface area contributed by atoms with E-state index < -0.39 is 17.7 Å². The largest absolute Gasteiger partial charge is 0.469 e. The number of benzene rings is 1. The molecule has 0 radical (unpaired) electrons. The second-order valence-electron chi connectivity index (χ2n) is 5.28. The molecule has 23 heavy (non-hydrogen) atoms. The summed E-state index contributed by atoms with van der Waals surface area (Å²) >= 11 is 5.96. The zero-order valence-electron chi connectivity index (χ0n) is 13.6. The van der Waals surface area contributed by atoms with Crippen LogP contribution in [0.2, 0.25) is 5.02 Å². The van der Waals surface area contributed by atoms with E-state index in [9.17, 15) is 14.0 Å². The monoisotopic (exact) mass is 343 g/mol. The first-order valence-corrected chi connectivity index (χ1v) is 8.19. The van der Waals surface area contributed by atoms with E-state index in [1.165, 1.54) is 30.2 Å². The highest BCUT2D eigenvalue weighted by molar-refractivity contribution is 6.33. The molecule has 6 heteroatoms. The van der Waals surface area contributed by atoms with Gasteiger partial charge in [-0.15, -0.1) is 0 Å². The van der Waals surface area contributed by atoms with Gasteiger partial charge in [0.25, 0.3) is 5.91 Å². The number of halogens is 2. The summed E-state index contributed by atoms with van der Waals surface area (Å²) in [6, 6.07) is 4.14. The van der Waals surface area contributed by atoms with Crippen LogP contribution in [-0.2, 0) is 9.53 Å². The highest BCUT2D eigenvalue weighted by Crippen LogP contribution is 2.21. The summed E-state index contributed by atoms with van der Waals surface area (Å²) in [6.45, 7) is 2.74. The van der Waals surface area contributed by atoms with Gasteiger partial charge in [-0.25, -0.2) is 4.39 Å². The Morgan fingerprint density at radius 2 is 1.96 bits per heavy atom. The van der Waals surface area contributed by atoms with E-state index in [2.05, 4.69) is 11.7 Å². The van der Waals surface area contributed by atoms with Gasteiger partial charge in [0.2, 0.25) is 0 Å². The average molecular weight is 344 g/mol. The zero-order valence-corrected chi connectivity index (χ0v) is 14.4. The summed E-state index contributed by atoms with van der Waals surface area (Å²) < 4.78 is 18.5. The molecule has 0 saturated carbocycles. The fourth-order valence-electron chi connectivity index (χ4n) is 2.23. The van der Waals surface area contributed by atoms with Gasteiger partial charge >= 0.3 is 5.97 Å². The lowest BCUT2D eigenvalue weighted by Gasteiger charge is -2.23. The number of methoxy groups -OCH3 is 1. The topological polar surface area (TPSA) is 46.6 Å². The lowest BCUT2D eigenvalue weighted by Crippen LogP contribution is -2.35. The molecule has 0 saturated heterocycles. The van der Waals surface area contributed by atoms with Gasteiger partial charge in [0, 0.05) is 13.1 Å². The van der Waals surface area contributed by atoms with Gasteiger partial charge in [0.1, 0.15) is 5.82 Å². The van der Waals surface area contributed by atoms with Crippen molar-refractivity contribution in [2.45, 2.75) is 39.0 Å². The van der Waals surface area contributed by atoms with E-state index in [-0.39, 0.29) is 23.6 Å². The Balaban J connectivity index is 2.83. The smallest absolute Gasteiger partial charge is 0.307 e. The van der Waals surface area contributed by atoms with E-state index in [1.807, 2.05) is 0 Å². The van der Waals surface area contributed by atoms with E-state index in [1.54, 1.807) is 0 Å². The first kappa shape index (κ1) is 19.4. The van der Waals surface area contributed by atoms with E-state index in [0.29, 0.717) is 6.54 Å². The molecule has 1 aromatic carbocycles. The van der Waals surface area contributed by atoms with Gasteiger partial charge in [0.05, 0.1) is 24.1 Å². The van der Waals surface area contributed by atoms with Gasteiger partial charge in [0.15, 0.2) is 0 Å². The van der Waals surface area contributed by atoms with Gasteiger partial charge in [-0.1, -0.05) is 43.9 Å². The van der Waals surface area contributed by atoms with Crippen LogP contribution in [0, 0.1) is 5.82 Å². The van der Waals surface area contributed by atoms with Crippen molar-refractivity contribution in [3.8, 4) is 0 Å². The number of unbranched alkanes of at least 4 members (excludes halogenated alkanes) is 3. The first-order chi connectivity index (χ1) is 11.0. The van der Waals surface area contributed by atoms with E-state index >= 15 is 0 Å². The van der Waals surface area contributed by atoms with Crippen LogP contribution in [-0.4, -0.2) is 37.0 Å². The molecule has 0 aliphatic rings. The van der Waals surface area contributed by atoms with Gasteiger partial charge < -0.3 is 9.64 Å². The zero-order chi connectivity index (χ0) is 17.2. The molecule has 0 unspecified atom stereocenters. The molecular formula is C17H23ClFNO3. The van der Waals surface area contributed by atoms with Crippen molar-refractivity contribution in [3.63, 3.8) is 0 Å². The van der Waals surface area contributed by atoms with Crippen molar-refractivity contribution >= 4 is 23.5 Å². The van der Waals surface area contributed by atoms with Crippen LogP contribution in [0.5, 0.6) is 0 Å². The van der Waals surface area contributed by atoms with Crippen LogP contribution in [0.15, 0.2) is 18.2 Å². The minimum Gasteiger partial charge on any atom is -0.469 e. The fraction of sp³-hybridized carbons (Fsp3) is 0.529. The van der Waals surface area contributed by atoms with Crippen LogP contribution in [0.3, 0.4) is 0 Å². The summed E-state index contributed by atoms with van der Waals surface area (Å²) in [5.41, 5.74) is -0.144. The third kappa shape index (κ3) is 6.18. The lowest BCUT2D eigenvalue weighted by atomic mass is 10.1. The predicted octanol–water partition coefficient (Wildman–Crippen LogP) is 4.06. The Labute approximate surface area is 141 Å². The first-order valence-electron chi connectivity index (χ1n) is 7.81. The number of esters is 1. The summed E-state index contributed by atoms with van der Waals surface area (Å²) in [7, 11) is 1.30. The minimum atomic E-state index is -0.654. The number of carbonyl (C=O) groups excluding carboxylic acids is 2. The van der Waals surface area contributed by atoms with Gasteiger partial charge in [-0.3, -0.25) is 9.59 Å². The number of hydrogen-bond donors (Lipinski definition) is 0. The standard InChI is InChI=1S/C17H23ClFNO3/c1-3-4-5-6-11-20(12-10-15(21)23-2)17(22)16-13(18)8-7-9-14(16)19/h7-9H,3-6,10-12H2,1-2H3. The molecule has 128 valence electrons. The number of hydrogen-bond acceptors (Lipinski definition) is 3. The SMILES string of the molecule is CCCCCCN(CCC(=O)OC)C(=O)c1c(F)cccc1Cl. The van der Waals surface area contributed by atoms with Crippen molar-refractivity contribution in [1.82, 2.24) is 4.90 Å². The molecule has 0 bridgehead atoms. The quantitative estimate of drug-likeness (QED) is 0.501. The van der Waals surface area contributed by atoms with Crippen molar-refractivity contribution < 1.29 is 18.7 Å². The van der Waals surface area contributed by atoms with E-state index in [0.717, 1.165) is 25.7 Å². The number of rotatable bonds is 9. The Hall–Kier alpha value is -1.62. The van der Waals surface area contributed by atoms with Crippen molar-refractivity contribution in [2.75, 3.05) is 20.2 Å². The van der Waals surface area contributed by atoms with E-state index in [4.69, 9.17) is 11.6 Å². The van der Waals surface area contributed by atoms with Gasteiger partial charge in [-0.05, 0) is 18.6 Å². The Morgan fingerprint density at radius 3 is 2.57 bits per heavy atom. The second-order valence-corrected chi connectivity index (χ2v) is 5.68. The molecule has 0 aliphatic heterocycles. The normalized spacial score (nSPS) is 10.4. The van der Waals surface area contributed by atoms with Crippen molar-refractivity contribution in [1.29, 1.82) is 0 Å². The van der Waals surface area contributed by atoms with Crippen LogP contribution in [0.1, 0.15) is 49.4 Å². The van der Waals surface area contributed by atoms with Crippen molar-refractivity contribution in [3.05, 3.63) is 34.6 Å². The minimum absolute atomic E-state index is 0.0715. The lowest BCUT2D eigenvalue weighted by molar-refractivity contribution is -0.140. The molecule has 0 aliphatic carbocycles. The molecule has 4 nitrogen and oxygen atoms in total. The third-order valence-electron chi connectivity index (χ3n) is 3.56. The van der Waals surface area contributed by atoms with Crippen LogP contribution in [0.4, 0.5) is 4.39 Å². The van der Waals surface area contributed by atoms with Crippen LogP contribution in [0.25, 0.3) is 0 Å². The molecule has 0 atom stereocenters. The molecule has 0 spiro atoms. The summed E-state index contributed by atoms with van der Waals surface area (Å²) in [6.07, 6.45) is 3.99. The Morgan fingerprint density at radius 1 is 1.22 bits per heavy atom. The average Bonchev–Trinajstić information content (AvgIpc) is 2.53. The molecular weight excluding hydrogens is 321 g/mol. The maximum Gasteiger partial charge on any atom is 0.307 e. The number of nitrogens with zero attached hydrogens (tertiary/aromatic N) is 1. The summed E-state index contributed by atoms with van der Waals surface area (Å²) in [4.78, 5) is 25.4. The summed E-state index contributed by atoms with van der Waals surface area (Å²) in [5, 5.41) is 0.0756. The highest BCUT2D eigenvalue weighted by Gasteiger charge is 2.22. The molecule has 0 N–H and O–H groups in total. The second kappa shape index (κ2) is 10.2. The Bertz CT molecular complexity index is 516. The molecule has 1 rings (SSSR count). The number of ether oxygens (including phenoxy) is 1.